The van der Waals surface area contributed by atoms with Crippen LogP contribution < -0.4 is 5.73 Å². The minimum absolute atomic E-state index is 0.120. The van der Waals surface area contributed by atoms with Crippen molar-refractivity contribution >= 4 is 38.6 Å². The van der Waals surface area contributed by atoms with Crippen LogP contribution in [0, 0.1) is 0 Å². The Hall–Kier alpha value is -0.500. The highest BCUT2D eigenvalue weighted by atomic mass is 32.2. The molecule has 1 atom stereocenters. The number of sulfonamides is 1. The Morgan fingerprint density at radius 2 is 2.26 bits per heavy atom. The van der Waals surface area contributed by atoms with E-state index in [2.05, 4.69) is 0 Å². The molecular weight excluding hydrogens is 300 g/mol. The molecule has 4 nitrogen and oxygen atoms in total. The van der Waals surface area contributed by atoms with Gasteiger partial charge in [-0.1, -0.05) is 25.6 Å². The van der Waals surface area contributed by atoms with Crippen LogP contribution in [0.15, 0.2) is 16.3 Å². The normalized spacial score (nSPS) is 21.4. The van der Waals surface area contributed by atoms with Crippen LogP contribution in [0.4, 0.5) is 0 Å². The van der Waals surface area contributed by atoms with Gasteiger partial charge in [0.1, 0.15) is 9.20 Å². The third-order valence-electron chi connectivity index (χ3n) is 3.43. The van der Waals surface area contributed by atoms with Gasteiger partial charge in [-0.05, 0) is 31.4 Å². The SMILES string of the molecule is CCC1CCCCN1S(=O)(=O)c1ccc(C(N)=S)s1. The average molecular weight is 318 g/mol. The number of thiocarbonyl (C=S) groups is 1. The van der Waals surface area contributed by atoms with Crippen molar-refractivity contribution in [2.75, 3.05) is 6.54 Å². The van der Waals surface area contributed by atoms with Crippen LogP contribution >= 0.6 is 23.6 Å². The molecule has 0 bridgehead atoms. The van der Waals surface area contributed by atoms with Gasteiger partial charge in [0.25, 0.3) is 10.0 Å². The van der Waals surface area contributed by atoms with E-state index in [1.807, 2.05) is 6.92 Å². The first kappa shape index (κ1) is 14.9. The van der Waals surface area contributed by atoms with Crippen molar-refractivity contribution < 1.29 is 8.42 Å². The van der Waals surface area contributed by atoms with Crippen LogP contribution in [0.25, 0.3) is 0 Å². The Bertz CT molecular complexity index is 565. The van der Waals surface area contributed by atoms with Gasteiger partial charge in [0.2, 0.25) is 0 Å². The quantitative estimate of drug-likeness (QED) is 0.866. The molecule has 2 N–H and O–H groups in total. The van der Waals surface area contributed by atoms with Gasteiger partial charge in [-0.2, -0.15) is 4.31 Å². The molecule has 0 aliphatic carbocycles. The monoisotopic (exact) mass is 318 g/mol. The number of nitrogens with two attached hydrogens (primary N) is 1. The van der Waals surface area contributed by atoms with E-state index in [0.29, 0.717) is 15.6 Å². The standard InChI is InChI=1S/C12H18N2O2S3/c1-2-9-5-3-4-8-14(9)19(15,16)11-7-6-10(18-11)12(13)17/h6-7,9H,2-5,8H2,1H3,(H2,13,17). The van der Waals surface area contributed by atoms with Gasteiger partial charge in [0.15, 0.2) is 0 Å². The fourth-order valence-corrected chi connectivity index (χ4v) is 5.65. The molecule has 0 saturated carbocycles. The van der Waals surface area contributed by atoms with Crippen LogP contribution in [0.5, 0.6) is 0 Å². The molecule has 0 amide bonds. The zero-order chi connectivity index (χ0) is 14.0. The Kier molecular flexibility index (Phi) is 4.60. The lowest BCUT2D eigenvalue weighted by atomic mass is 10.0. The second-order valence-electron chi connectivity index (χ2n) is 4.66. The molecule has 0 spiro atoms. The topological polar surface area (TPSA) is 63.4 Å². The zero-order valence-corrected chi connectivity index (χ0v) is 13.3. The van der Waals surface area contributed by atoms with Crippen molar-refractivity contribution in [3.05, 3.63) is 17.0 Å². The first-order chi connectivity index (χ1) is 8.96. The fourth-order valence-electron chi connectivity index (χ4n) is 2.41. The maximum Gasteiger partial charge on any atom is 0.252 e. The number of hydrogen-bond acceptors (Lipinski definition) is 4. The van der Waals surface area contributed by atoms with Gasteiger partial charge in [-0.15, -0.1) is 11.3 Å². The summed E-state index contributed by atoms with van der Waals surface area (Å²) < 4.78 is 27.3. The predicted octanol–water partition coefficient (Wildman–Crippen LogP) is 2.34. The summed E-state index contributed by atoms with van der Waals surface area (Å²) in [6, 6.07) is 3.41. The maximum atomic E-state index is 12.6. The molecule has 1 fully saturated rings. The van der Waals surface area contributed by atoms with Crippen LogP contribution in [0.1, 0.15) is 37.5 Å². The summed E-state index contributed by atoms with van der Waals surface area (Å²) in [5.74, 6) is 0. The smallest absolute Gasteiger partial charge is 0.252 e. The van der Waals surface area contributed by atoms with Gasteiger partial charge < -0.3 is 5.73 Å². The third-order valence-corrected chi connectivity index (χ3v) is 7.32. The molecular formula is C12H18N2O2S3. The largest absolute Gasteiger partial charge is 0.389 e. The van der Waals surface area contributed by atoms with Gasteiger partial charge in [0.05, 0.1) is 4.88 Å². The molecule has 1 unspecified atom stereocenters. The summed E-state index contributed by atoms with van der Waals surface area (Å²) in [6.07, 6.45) is 3.84. The number of piperidine rings is 1. The fraction of sp³-hybridized carbons (Fsp3) is 0.583. The van der Waals surface area contributed by atoms with Crippen LogP contribution in [-0.4, -0.2) is 30.3 Å². The maximum absolute atomic E-state index is 12.6. The van der Waals surface area contributed by atoms with Crippen molar-refractivity contribution in [1.29, 1.82) is 0 Å². The molecule has 0 aromatic carbocycles. The van der Waals surface area contributed by atoms with Gasteiger partial charge in [0, 0.05) is 12.6 Å². The molecule has 1 aliphatic heterocycles. The zero-order valence-electron chi connectivity index (χ0n) is 10.8. The summed E-state index contributed by atoms with van der Waals surface area (Å²) in [5, 5.41) is 0. The van der Waals surface area contributed by atoms with E-state index < -0.39 is 10.0 Å². The average Bonchev–Trinajstić information content (AvgIpc) is 2.89. The summed E-state index contributed by atoms with van der Waals surface area (Å²) in [7, 11) is -3.40. The molecule has 0 radical (unpaired) electrons. The van der Waals surface area contributed by atoms with Gasteiger partial charge in [-0.3, -0.25) is 0 Å². The van der Waals surface area contributed by atoms with E-state index in [9.17, 15) is 8.42 Å². The Balaban J connectivity index is 2.32. The van der Waals surface area contributed by atoms with E-state index in [1.54, 1.807) is 16.4 Å². The summed E-state index contributed by atoms with van der Waals surface area (Å²) in [6.45, 7) is 2.65. The van der Waals surface area contributed by atoms with Gasteiger partial charge >= 0.3 is 0 Å². The minimum Gasteiger partial charge on any atom is -0.389 e. The molecule has 106 valence electrons. The van der Waals surface area contributed by atoms with Crippen molar-refractivity contribution in [2.24, 2.45) is 5.73 Å². The molecule has 1 aromatic heterocycles. The van der Waals surface area contributed by atoms with Crippen LogP contribution in [-0.2, 0) is 10.0 Å². The first-order valence-electron chi connectivity index (χ1n) is 6.38. The van der Waals surface area contributed by atoms with E-state index >= 15 is 0 Å². The molecule has 2 rings (SSSR count). The van der Waals surface area contributed by atoms with E-state index in [0.717, 1.165) is 37.0 Å². The predicted molar refractivity (Wildman–Crippen MR) is 82.0 cm³/mol. The van der Waals surface area contributed by atoms with E-state index in [1.165, 1.54) is 0 Å². The Labute approximate surface area is 123 Å². The van der Waals surface area contributed by atoms with Crippen molar-refractivity contribution in [3.63, 3.8) is 0 Å². The Morgan fingerprint density at radius 1 is 1.53 bits per heavy atom. The third kappa shape index (κ3) is 2.99. The first-order valence-corrected chi connectivity index (χ1v) is 9.04. The molecule has 1 aliphatic rings. The van der Waals surface area contributed by atoms with E-state index in [-0.39, 0.29) is 11.0 Å². The number of rotatable bonds is 4. The van der Waals surface area contributed by atoms with Crippen molar-refractivity contribution in [1.82, 2.24) is 4.31 Å². The molecule has 7 heteroatoms. The summed E-state index contributed by atoms with van der Waals surface area (Å²) in [4.78, 5) is 0.899. The summed E-state index contributed by atoms with van der Waals surface area (Å²) in [5.41, 5.74) is 5.54. The van der Waals surface area contributed by atoms with Gasteiger partial charge in [-0.25, -0.2) is 8.42 Å². The number of thiophene rings is 1. The lowest BCUT2D eigenvalue weighted by Crippen LogP contribution is -2.42. The van der Waals surface area contributed by atoms with Crippen molar-refractivity contribution in [2.45, 2.75) is 42.9 Å². The highest BCUT2D eigenvalue weighted by Gasteiger charge is 2.33. The van der Waals surface area contributed by atoms with Crippen molar-refractivity contribution in [3.8, 4) is 0 Å². The minimum atomic E-state index is -3.40. The highest BCUT2D eigenvalue weighted by molar-refractivity contribution is 7.91. The van der Waals surface area contributed by atoms with Crippen LogP contribution in [0.2, 0.25) is 0 Å². The molecule has 19 heavy (non-hydrogen) atoms. The second-order valence-corrected chi connectivity index (χ2v) is 8.30. The summed E-state index contributed by atoms with van der Waals surface area (Å²) >= 11 is 6.04. The van der Waals surface area contributed by atoms with Crippen LogP contribution in [0.3, 0.4) is 0 Å². The molecule has 1 saturated heterocycles. The lowest BCUT2D eigenvalue weighted by Gasteiger charge is -2.33. The number of hydrogen-bond donors (Lipinski definition) is 1. The lowest BCUT2D eigenvalue weighted by molar-refractivity contribution is 0.247. The number of nitrogens with zero attached hydrogens (tertiary/aromatic N) is 1. The molecule has 2 heterocycles. The highest BCUT2D eigenvalue weighted by Crippen LogP contribution is 2.30. The van der Waals surface area contributed by atoms with E-state index in [4.69, 9.17) is 18.0 Å². The molecule has 1 aromatic rings. The Morgan fingerprint density at radius 3 is 2.84 bits per heavy atom. The second kappa shape index (κ2) is 5.87.